The summed E-state index contributed by atoms with van der Waals surface area (Å²) in [6, 6.07) is 5.71. The first kappa shape index (κ1) is 19.3. The van der Waals surface area contributed by atoms with E-state index in [1.54, 1.807) is 13.3 Å². The van der Waals surface area contributed by atoms with Crippen molar-refractivity contribution in [2.45, 2.75) is 33.3 Å². The summed E-state index contributed by atoms with van der Waals surface area (Å²) >= 11 is 0. The number of anilines is 1. The lowest BCUT2D eigenvalue weighted by molar-refractivity contribution is 0.0812. The first-order valence-corrected chi connectivity index (χ1v) is 9.66. The largest absolute Gasteiger partial charge is 0.437 e. The van der Waals surface area contributed by atoms with Crippen molar-refractivity contribution in [3.8, 4) is 11.6 Å². The highest BCUT2D eigenvalue weighted by Gasteiger charge is 2.35. The molecule has 0 radical (unpaired) electrons. The second kappa shape index (κ2) is 8.16. The molecular formula is C21H25N5O3. The molecule has 29 heavy (non-hydrogen) atoms. The first-order valence-electron chi connectivity index (χ1n) is 9.66. The monoisotopic (exact) mass is 395 g/mol. The fraction of sp³-hybridized carbons (Fsp3) is 0.429. The molecule has 1 saturated heterocycles. The SMILES string of the molecule is CO[C@H]1CN(c2ncnc(Oc3cccnc3C)c2C)C[C@H]1Cc1cc(C)no1. The maximum Gasteiger partial charge on any atom is 0.227 e. The average Bonchev–Trinajstić information content (AvgIpc) is 3.31. The lowest BCUT2D eigenvalue weighted by atomic mass is 10.0. The molecule has 1 aliphatic rings. The maximum atomic E-state index is 6.02. The standard InChI is InChI=1S/C21H25N5O3/c1-13-8-17(29-25-13)9-16-10-26(11-19(16)27-4)20-14(2)21(24-12-23-20)28-18-6-5-7-22-15(18)3/h5-8,12,16,19H,9-11H2,1-4H3/t16-,19+/m1/s1. The van der Waals surface area contributed by atoms with Crippen molar-refractivity contribution in [2.75, 3.05) is 25.1 Å². The summed E-state index contributed by atoms with van der Waals surface area (Å²) < 4.78 is 17.2. The molecule has 152 valence electrons. The Morgan fingerprint density at radius 2 is 2.03 bits per heavy atom. The minimum absolute atomic E-state index is 0.0831. The van der Waals surface area contributed by atoms with E-state index in [2.05, 4.69) is 25.0 Å². The third kappa shape index (κ3) is 4.07. The summed E-state index contributed by atoms with van der Waals surface area (Å²) in [5.74, 6) is 3.25. The number of rotatable bonds is 6. The zero-order valence-corrected chi connectivity index (χ0v) is 17.1. The molecule has 0 unspecified atom stereocenters. The molecule has 0 aromatic carbocycles. The molecule has 0 aliphatic carbocycles. The lowest BCUT2D eigenvalue weighted by Crippen LogP contribution is -2.24. The second-order valence-electron chi connectivity index (χ2n) is 7.39. The Balaban J connectivity index is 1.54. The smallest absolute Gasteiger partial charge is 0.227 e. The molecule has 0 bridgehead atoms. The predicted octanol–water partition coefficient (Wildman–Crippen LogP) is 3.27. The van der Waals surface area contributed by atoms with E-state index in [1.807, 2.05) is 39.0 Å². The van der Waals surface area contributed by atoms with Gasteiger partial charge >= 0.3 is 0 Å². The van der Waals surface area contributed by atoms with Gasteiger partial charge in [0.1, 0.15) is 17.9 Å². The van der Waals surface area contributed by atoms with Crippen LogP contribution in [0, 0.1) is 26.7 Å². The van der Waals surface area contributed by atoms with Crippen LogP contribution in [0.15, 0.2) is 35.2 Å². The Hall–Kier alpha value is -3.00. The van der Waals surface area contributed by atoms with Crippen LogP contribution in [0.3, 0.4) is 0 Å². The third-order valence-electron chi connectivity index (χ3n) is 5.30. The van der Waals surface area contributed by atoms with Gasteiger partial charge in [-0.15, -0.1) is 0 Å². The zero-order chi connectivity index (χ0) is 20.4. The van der Waals surface area contributed by atoms with Gasteiger partial charge in [-0.25, -0.2) is 9.97 Å². The van der Waals surface area contributed by atoms with Crippen LogP contribution in [0.4, 0.5) is 5.82 Å². The topological polar surface area (TPSA) is 86.4 Å². The van der Waals surface area contributed by atoms with Gasteiger partial charge in [0.2, 0.25) is 5.88 Å². The average molecular weight is 395 g/mol. The van der Waals surface area contributed by atoms with Crippen molar-refractivity contribution in [3.63, 3.8) is 0 Å². The van der Waals surface area contributed by atoms with Gasteiger partial charge in [0.05, 0.1) is 23.1 Å². The minimum atomic E-state index is 0.0831. The van der Waals surface area contributed by atoms with Crippen molar-refractivity contribution in [3.05, 3.63) is 53.4 Å². The number of pyridine rings is 1. The van der Waals surface area contributed by atoms with Crippen LogP contribution < -0.4 is 9.64 Å². The molecule has 4 heterocycles. The Morgan fingerprint density at radius 1 is 1.17 bits per heavy atom. The van der Waals surface area contributed by atoms with Gasteiger partial charge in [0, 0.05) is 44.8 Å². The Kier molecular flexibility index (Phi) is 5.44. The number of nitrogens with zero attached hydrogens (tertiary/aromatic N) is 5. The summed E-state index contributed by atoms with van der Waals surface area (Å²) in [6.07, 6.45) is 4.14. The van der Waals surface area contributed by atoms with Crippen LogP contribution in [-0.4, -0.2) is 46.4 Å². The van der Waals surface area contributed by atoms with Crippen LogP contribution in [0.5, 0.6) is 11.6 Å². The Morgan fingerprint density at radius 3 is 2.76 bits per heavy atom. The summed E-state index contributed by atoms with van der Waals surface area (Å²) in [5.41, 5.74) is 2.60. The molecule has 3 aromatic heterocycles. The number of hydrogen-bond donors (Lipinski definition) is 0. The first-order chi connectivity index (χ1) is 14.0. The minimum Gasteiger partial charge on any atom is -0.437 e. The lowest BCUT2D eigenvalue weighted by Gasteiger charge is -2.20. The van der Waals surface area contributed by atoms with E-state index in [0.29, 0.717) is 11.6 Å². The fourth-order valence-corrected chi connectivity index (χ4v) is 3.78. The molecule has 8 heteroatoms. The van der Waals surface area contributed by atoms with Crippen molar-refractivity contribution in [1.29, 1.82) is 0 Å². The van der Waals surface area contributed by atoms with Gasteiger partial charge in [-0.1, -0.05) is 5.16 Å². The number of ether oxygens (including phenoxy) is 2. The van der Waals surface area contributed by atoms with E-state index in [9.17, 15) is 0 Å². The van der Waals surface area contributed by atoms with Crippen LogP contribution >= 0.6 is 0 Å². The molecule has 4 rings (SSSR count). The van der Waals surface area contributed by atoms with Gasteiger partial charge < -0.3 is 18.9 Å². The normalized spacial score (nSPS) is 19.0. The summed E-state index contributed by atoms with van der Waals surface area (Å²) in [5, 5.41) is 3.99. The van der Waals surface area contributed by atoms with Gasteiger partial charge in [-0.3, -0.25) is 4.98 Å². The van der Waals surface area contributed by atoms with E-state index in [1.165, 1.54) is 6.33 Å². The quantitative estimate of drug-likeness (QED) is 0.629. The fourth-order valence-electron chi connectivity index (χ4n) is 3.78. The van der Waals surface area contributed by atoms with Gasteiger partial charge in [-0.2, -0.15) is 0 Å². The van der Waals surface area contributed by atoms with Gasteiger partial charge in [0.25, 0.3) is 0 Å². The molecule has 8 nitrogen and oxygen atoms in total. The van der Waals surface area contributed by atoms with E-state index >= 15 is 0 Å². The van der Waals surface area contributed by atoms with Crippen molar-refractivity contribution < 1.29 is 14.0 Å². The third-order valence-corrected chi connectivity index (χ3v) is 5.30. The molecule has 0 saturated carbocycles. The van der Waals surface area contributed by atoms with Gasteiger partial charge in [0.15, 0.2) is 5.75 Å². The molecule has 1 aliphatic heterocycles. The predicted molar refractivity (Wildman–Crippen MR) is 107 cm³/mol. The Bertz CT molecular complexity index is 990. The summed E-state index contributed by atoms with van der Waals surface area (Å²) in [4.78, 5) is 15.4. The van der Waals surface area contributed by atoms with Crippen molar-refractivity contribution >= 4 is 5.82 Å². The summed E-state index contributed by atoms with van der Waals surface area (Å²) in [6.45, 7) is 7.37. The molecular weight excluding hydrogens is 370 g/mol. The van der Waals surface area contributed by atoms with E-state index in [4.69, 9.17) is 14.0 Å². The highest BCUT2D eigenvalue weighted by molar-refractivity contribution is 5.52. The number of aromatic nitrogens is 4. The van der Waals surface area contributed by atoms with Crippen LogP contribution in [-0.2, 0) is 11.2 Å². The number of aryl methyl sites for hydroxylation is 2. The maximum absolute atomic E-state index is 6.02. The second-order valence-corrected chi connectivity index (χ2v) is 7.39. The van der Waals surface area contributed by atoms with Crippen LogP contribution in [0.2, 0.25) is 0 Å². The Labute approximate surface area is 169 Å². The van der Waals surface area contributed by atoms with Crippen molar-refractivity contribution in [2.24, 2.45) is 5.92 Å². The number of methoxy groups -OCH3 is 1. The molecule has 0 spiro atoms. The molecule has 0 amide bonds. The highest BCUT2D eigenvalue weighted by Crippen LogP contribution is 2.33. The molecule has 0 N–H and O–H groups in total. The van der Waals surface area contributed by atoms with Crippen LogP contribution in [0.25, 0.3) is 0 Å². The van der Waals surface area contributed by atoms with E-state index in [0.717, 1.165) is 48.0 Å². The van der Waals surface area contributed by atoms with Gasteiger partial charge in [-0.05, 0) is 32.9 Å². The van der Waals surface area contributed by atoms with E-state index < -0.39 is 0 Å². The molecule has 1 fully saturated rings. The molecule has 3 aromatic rings. The van der Waals surface area contributed by atoms with Crippen LogP contribution in [0.1, 0.15) is 22.7 Å². The van der Waals surface area contributed by atoms with Crippen molar-refractivity contribution in [1.82, 2.24) is 20.1 Å². The molecule has 2 atom stereocenters. The summed E-state index contributed by atoms with van der Waals surface area (Å²) in [7, 11) is 1.75. The number of hydrogen-bond acceptors (Lipinski definition) is 8. The zero-order valence-electron chi connectivity index (χ0n) is 17.1. The van der Waals surface area contributed by atoms with E-state index in [-0.39, 0.29) is 12.0 Å². The highest BCUT2D eigenvalue weighted by atomic mass is 16.5.